The Hall–Kier alpha value is -2.20. The van der Waals surface area contributed by atoms with Crippen LogP contribution in [0.2, 0.25) is 0 Å². The summed E-state index contributed by atoms with van der Waals surface area (Å²) in [5.41, 5.74) is 0. The van der Waals surface area contributed by atoms with Gasteiger partial charge in [0, 0.05) is 24.8 Å². The lowest BCUT2D eigenvalue weighted by atomic mass is 10.8. The van der Waals surface area contributed by atoms with Crippen molar-refractivity contribution >= 4 is 15.4 Å². The smallest absolute Gasteiger partial charge is 0.449 e. The van der Waals surface area contributed by atoms with Gasteiger partial charge < -0.3 is 5.11 Å². The summed E-state index contributed by atoms with van der Waals surface area (Å²) in [6.07, 6.45) is 6.92. The number of nitrogens with one attached hydrogen (secondary N) is 2. The van der Waals surface area contributed by atoms with Crippen LogP contribution < -0.4 is 0 Å². The summed E-state index contributed by atoms with van der Waals surface area (Å²) in [7, 11) is -4.82. The number of hydrogen-bond acceptors (Lipinski definition) is 5. The maximum absolute atomic E-state index is 9.29. The molecule has 9 nitrogen and oxygen atoms in total. The molecule has 0 spiro atoms. The molecule has 0 unspecified atom stereocenters. The quantitative estimate of drug-likeness (QED) is 0.501. The third-order valence-corrected chi connectivity index (χ3v) is 1.47. The molecule has 2 rings (SSSR count). The fraction of sp³-hybridized carbons (Fsp3) is 0. The lowest BCUT2D eigenvalue weighted by molar-refractivity contribution is 0.216. The third-order valence-electron chi connectivity index (χ3n) is 1.03. The summed E-state index contributed by atoms with van der Waals surface area (Å²) in [5.74, 6) is 0. The Morgan fingerprint density at radius 1 is 1.06 bits per heavy atom. The Kier molecular flexibility index (Phi) is 6.97. The van der Waals surface area contributed by atoms with Crippen LogP contribution in [0.25, 0.3) is 0 Å². The number of H-pyrrole nitrogens is 2. The topological polar surface area (TPSA) is 149 Å². The molecule has 4 N–H and O–H groups in total. The first-order chi connectivity index (χ1) is 7.94. The second-order valence-corrected chi connectivity index (χ2v) is 3.57. The number of rotatable bonds is 0. The van der Waals surface area contributed by atoms with Gasteiger partial charge in [-0.25, -0.2) is 4.79 Å². The van der Waals surface area contributed by atoms with Gasteiger partial charge in [0.15, 0.2) is 0 Å². The number of hydrogen-bond donors (Lipinski definition) is 4. The summed E-state index contributed by atoms with van der Waals surface area (Å²) >= 11 is 0. The molecule has 0 radical (unpaired) electrons. The summed E-state index contributed by atoms with van der Waals surface area (Å²) in [4.78, 5) is 9.18. The first-order valence-corrected chi connectivity index (χ1v) is 5.46. The van der Waals surface area contributed by atoms with Gasteiger partial charge >= 0.3 is 15.4 Å². The molecule has 0 aromatic carbocycles. The number of aromatic nitrogens is 4. The molecular formula is C7H10N4O5S. The minimum absolute atomic E-state index is 1.69. The summed E-state index contributed by atoms with van der Waals surface area (Å²) in [6.45, 7) is 0. The Morgan fingerprint density at radius 3 is 1.47 bits per heavy atom. The van der Waals surface area contributed by atoms with Crippen LogP contribution in [0.1, 0.15) is 0 Å². The zero-order valence-corrected chi connectivity index (χ0v) is 9.20. The average molecular weight is 262 g/mol. The SMILES string of the molecule is O=C(O)S(=O)(=O)O.c1cn[nH]c1.c1cn[nH]c1. The van der Waals surface area contributed by atoms with Crippen LogP contribution >= 0.6 is 0 Å². The molecule has 2 aromatic rings. The van der Waals surface area contributed by atoms with E-state index in [1.165, 1.54) is 0 Å². The zero-order chi connectivity index (χ0) is 13.1. The minimum Gasteiger partial charge on any atom is -0.468 e. The number of nitrogens with zero attached hydrogens (tertiary/aromatic N) is 2. The van der Waals surface area contributed by atoms with Crippen molar-refractivity contribution in [1.82, 2.24) is 20.4 Å². The van der Waals surface area contributed by atoms with E-state index in [0.29, 0.717) is 0 Å². The number of carbonyl (C=O) groups is 1. The van der Waals surface area contributed by atoms with Crippen molar-refractivity contribution < 1.29 is 22.9 Å². The molecule has 0 aliphatic rings. The highest BCUT2D eigenvalue weighted by atomic mass is 32.2. The summed E-state index contributed by atoms with van der Waals surface area (Å²) in [6, 6.07) is 3.67. The molecule has 0 fully saturated rings. The predicted octanol–water partition coefficient (Wildman–Crippen LogP) is 0.372. The number of aromatic amines is 2. The molecule has 0 amide bonds. The van der Waals surface area contributed by atoms with Crippen LogP contribution in [0.4, 0.5) is 4.79 Å². The molecule has 17 heavy (non-hydrogen) atoms. The fourth-order valence-electron chi connectivity index (χ4n) is 0.430. The van der Waals surface area contributed by atoms with Crippen molar-refractivity contribution in [1.29, 1.82) is 0 Å². The Bertz CT molecular complexity index is 418. The van der Waals surface area contributed by atoms with Crippen LogP contribution in [0.5, 0.6) is 0 Å². The normalized spacial score (nSPS) is 9.24. The molecule has 2 heterocycles. The van der Waals surface area contributed by atoms with E-state index in [4.69, 9.17) is 9.66 Å². The zero-order valence-electron chi connectivity index (χ0n) is 8.39. The van der Waals surface area contributed by atoms with Crippen LogP contribution in [-0.4, -0.2) is 43.8 Å². The van der Waals surface area contributed by atoms with Gasteiger partial charge in [0.25, 0.3) is 0 Å². The van der Waals surface area contributed by atoms with Crippen molar-refractivity contribution in [3.05, 3.63) is 36.9 Å². The molecule has 0 aliphatic carbocycles. The highest BCUT2D eigenvalue weighted by molar-refractivity contribution is 8.00. The second-order valence-electron chi connectivity index (χ2n) is 2.27. The molecule has 0 aliphatic heterocycles. The van der Waals surface area contributed by atoms with Crippen molar-refractivity contribution in [3.63, 3.8) is 0 Å². The van der Waals surface area contributed by atoms with Gasteiger partial charge in [0.05, 0.1) is 0 Å². The van der Waals surface area contributed by atoms with Gasteiger partial charge in [-0.3, -0.25) is 14.8 Å². The van der Waals surface area contributed by atoms with Gasteiger partial charge in [-0.2, -0.15) is 18.6 Å². The van der Waals surface area contributed by atoms with E-state index < -0.39 is 15.4 Å². The second kappa shape index (κ2) is 8.01. The molecular weight excluding hydrogens is 252 g/mol. The van der Waals surface area contributed by atoms with Gasteiger partial charge in [-0.15, -0.1) is 0 Å². The Labute approximate surface area is 96.2 Å². The maximum Gasteiger partial charge on any atom is 0.449 e. The van der Waals surface area contributed by atoms with Crippen molar-refractivity contribution in [2.24, 2.45) is 0 Å². The van der Waals surface area contributed by atoms with Crippen molar-refractivity contribution in [3.8, 4) is 0 Å². The van der Waals surface area contributed by atoms with E-state index in [0.717, 1.165) is 0 Å². The molecule has 94 valence electrons. The average Bonchev–Trinajstić information content (AvgIpc) is 2.96. The largest absolute Gasteiger partial charge is 0.468 e. The lowest BCUT2D eigenvalue weighted by Crippen LogP contribution is -2.08. The highest BCUT2D eigenvalue weighted by Crippen LogP contribution is 1.79. The van der Waals surface area contributed by atoms with E-state index in [-0.39, 0.29) is 0 Å². The van der Waals surface area contributed by atoms with Gasteiger partial charge in [0.1, 0.15) is 0 Å². The summed E-state index contributed by atoms with van der Waals surface area (Å²) < 4.78 is 26.0. The molecule has 0 saturated heterocycles. The van der Waals surface area contributed by atoms with E-state index >= 15 is 0 Å². The highest BCUT2D eigenvalue weighted by Gasteiger charge is 2.14. The van der Waals surface area contributed by atoms with Crippen LogP contribution in [-0.2, 0) is 10.1 Å². The molecule has 0 bridgehead atoms. The first-order valence-electron chi connectivity index (χ1n) is 4.02. The molecule has 0 saturated carbocycles. The fourth-order valence-corrected chi connectivity index (χ4v) is 0.430. The first kappa shape index (κ1) is 14.8. The van der Waals surface area contributed by atoms with Crippen LogP contribution in [0.3, 0.4) is 0 Å². The Balaban J connectivity index is 0.000000229. The lowest BCUT2D eigenvalue weighted by Gasteiger charge is -1.78. The monoisotopic (exact) mass is 262 g/mol. The van der Waals surface area contributed by atoms with E-state index in [1.54, 1.807) is 24.8 Å². The third kappa shape index (κ3) is 10.1. The van der Waals surface area contributed by atoms with Crippen LogP contribution in [0.15, 0.2) is 36.9 Å². The van der Waals surface area contributed by atoms with Crippen molar-refractivity contribution in [2.45, 2.75) is 0 Å². The van der Waals surface area contributed by atoms with E-state index in [1.807, 2.05) is 12.1 Å². The van der Waals surface area contributed by atoms with E-state index in [9.17, 15) is 13.2 Å². The maximum atomic E-state index is 9.29. The molecule has 10 heteroatoms. The molecule has 2 aromatic heterocycles. The van der Waals surface area contributed by atoms with Gasteiger partial charge in [-0.1, -0.05) is 0 Å². The van der Waals surface area contributed by atoms with Gasteiger partial charge in [0.2, 0.25) is 0 Å². The minimum atomic E-state index is -4.82. The standard InChI is InChI=1S/2C3H4N2.CH2O5S/c2*1-2-4-5-3-1;2-1(3)7(4,5)6/h2*1-3H,(H,4,5);(H,2,3)(H,4,5,6). The number of carboxylic acid groups (broad SMARTS) is 1. The molecule has 0 atom stereocenters. The Morgan fingerprint density at radius 2 is 1.41 bits per heavy atom. The van der Waals surface area contributed by atoms with E-state index in [2.05, 4.69) is 20.4 Å². The van der Waals surface area contributed by atoms with Crippen LogP contribution in [0, 0.1) is 0 Å². The van der Waals surface area contributed by atoms with Crippen molar-refractivity contribution in [2.75, 3.05) is 0 Å². The summed E-state index contributed by atoms with van der Waals surface area (Å²) in [5, 5.41) is 17.6. The van der Waals surface area contributed by atoms with Gasteiger partial charge in [-0.05, 0) is 12.1 Å². The predicted molar refractivity (Wildman–Crippen MR) is 56.7 cm³/mol.